The summed E-state index contributed by atoms with van der Waals surface area (Å²) in [5.74, 6) is -0.0491. The number of carbonyl (C=O) groups is 2. The van der Waals surface area contributed by atoms with E-state index in [4.69, 9.17) is 5.73 Å². The Balaban J connectivity index is 2.42. The number of carbonyl (C=O) groups excluding carboxylic acids is 2. The van der Waals surface area contributed by atoms with Gasteiger partial charge in [0.25, 0.3) is 0 Å². The lowest BCUT2D eigenvalue weighted by atomic mass is 10.3. The van der Waals surface area contributed by atoms with Gasteiger partial charge in [0.2, 0.25) is 5.91 Å². The fourth-order valence-electron chi connectivity index (χ4n) is 1.56. The minimum atomic E-state index is -0.0491. The Morgan fingerprint density at radius 1 is 1.13 bits per heavy atom. The molecule has 6 heteroatoms. The highest BCUT2D eigenvalue weighted by atomic mass is 16.2. The molecular formula is C9H18N4O2. The van der Waals surface area contributed by atoms with Gasteiger partial charge in [0.1, 0.15) is 0 Å². The van der Waals surface area contributed by atoms with Crippen LogP contribution in [0.3, 0.4) is 0 Å². The highest BCUT2D eigenvalue weighted by molar-refractivity contribution is 5.79. The second-order valence-electron chi connectivity index (χ2n) is 3.75. The second kappa shape index (κ2) is 4.97. The Bertz CT molecular complexity index is 246. The van der Waals surface area contributed by atoms with Crippen LogP contribution in [0.25, 0.3) is 0 Å². The van der Waals surface area contributed by atoms with Crippen molar-refractivity contribution in [2.75, 3.05) is 46.8 Å². The molecule has 0 aromatic rings. The standard InChI is InChI=1S/C9H18N4O2/c1-11(2)9(15)13-5-3-12(4-6-13)8(14)7-10/h3-7,10H2,1-2H3. The predicted octanol–water partition coefficient (Wildman–Crippen LogP) is -1.23. The third kappa shape index (κ3) is 2.82. The van der Waals surface area contributed by atoms with Gasteiger partial charge in [-0.3, -0.25) is 4.79 Å². The first-order valence-electron chi connectivity index (χ1n) is 5.00. The van der Waals surface area contributed by atoms with Crippen LogP contribution in [0.4, 0.5) is 4.79 Å². The lowest BCUT2D eigenvalue weighted by Gasteiger charge is -2.35. The van der Waals surface area contributed by atoms with Crippen LogP contribution >= 0.6 is 0 Å². The fraction of sp³-hybridized carbons (Fsp3) is 0.778. The van der Waals surface area contributed by atoms with Gasteiger partial charge in [-0.05, 0) is 0 Å². The molecule has 6 nitrogen and oxygen atoms in total. The summed E-state index contributed by atoms with van der Waals surface area (Å²) >= 11 is 0. The zero-order valence-electron chi connectivity index (χ0n) is 9.27. The number of rotatable bonds is 1. The Kier molecular flexibility index (Phi) is 3.90. The van der Waals surface area contributed by atoms with Gasteiger partial charge in [0, 0.05) is 40.3 Å². The lowest BCUT2D eigenvalue weighted by molar-refractivity contribution is -0.131. The van der Waals surface area contributed by atoms with Crippen LogP contribution in [0.15, 0.2) is 0 Å². The Morgan fingerprint density at radius 3 is 2.00 bits per heavy atom. The van der Waals surface area contributed by atoms with Crippen LogP contribution in [0, 0.1) is 0 Å². The van der Waals surface area contributed by atoms with E-state index in [9.17, 15) is 9.59 Å². The molecule has 3 amide bonds. The van der Waals surface area contributed by atoms with Crippen molar-refractivity contribution in [3.05, 3.63) is 0 Å². The van der Waals surface area contributed by atoms with Crippen LogP contribution in [0.2, 0.25) is 0 Å². The lowest BCUT2D eigenvalue weighted by Crippen LogP contribution is -2.53. The summed E-state index contributed by atoms with van der Waals surface area (Å²) in [4.78, 5) is 27.8. The van der Waals surface area contributed by atoms with E-state index in [1.54, 1.807) is 28.8 Å². The van der Waals surface area contributed by atoms with Crippen molar-refractivity contribution in [3.63, 3.8) is 0 Å². The maximum atomic E-state index is 11.6. The summed E-state index contributed by atoms with van der Waals surface area (Å²) in [6, 6.07) is -0.00477. The molecule has 0 unspecified atom stereocenters. The van der Waals surface area contributed by atoms with Crippen molar-refractivity contribution < 1.29 is 9.59 Å². The van der Waals surface area contributed by atoms with Gasteiger partial charge in [0.05, 0.1) is 6.54 Å². The number of urea groups is 1. The first kappa shape index (κ1) is 11.8. The zero-order valence-corrected chi connectivity index (χ0v) is 9.27. The Labute approximate surface area is 89.6 Å². The molecule has 0 aliphatic carbocycles. The van der Waals surface area contributed by atoms with E-state index in [0.717, 1.165) is 0 Å². The van der Waals surface area contributed by atoms with Crippen LogP contribution in [0.1, 0.15) is 0 Å². The molecule has 0 spiro atoms. The highest BCUT2D eigenvalue weighted by Gasteiger charge is 2.23. The molecule has 1 saturated heterocycles. The van der Waals surface area contributed by atoms with Crippen LogP contribution in [0.5, 0.6) is 0 Å². The summed E-state index contributed by atoms with van der Waals surface area (Å²) in [5, 5.41) is 0. The molecule has 0 aromatic heterocycles. The molecule has 0 aromatic carbocycles. The van der Waals surface area contributed by atoms with Crippen molar-refractivity contribution in [2.24, 2.45) is 5.73 Å². The molecule has 1 aliphatic rings. The molecule has 2 N–H and O–H groups in total. The van der Waals surface area contributed by atoms with E-state index < -0.39 is 0 Å². The summed E-state index contributed by atoms with van der Waals surface area (Å²) in [6.07, 6.45) is 0. The van der Waals surface area contributed by atoms with E-state index >= 15 is 0 Å². The van der Waals surface area contributed by atoms with E-state index in [0.29, 0.717) is 26.2 Å². The minimum Gasteiger partial charge on any atom is -0.338 e. The second-order valence-corrected chi connectivity index (χ2v) is 3.75. The third-order valence-electron chi connectivity index (χ3n) is 2.46. The van der Waals surface area contributed by atoms with Crippen LogP contribution in [-0.2, 0) is 4.79 Å². The third-order valence-corrected chi connectivity index (χ3v) is 2.46. The van der Waals surface area contributed by atoms with Gasteiger partial charge in [-0.25, -0.2) is 4.79 Å². The van der Waals surface area contributed by atoms with Gasteiger partial charge < -0.3 is 20.4 Å². The first-order chi connectivity index (χ1) is 7.06. The summed E-state index contributed by atoms with van der Waals surface area (Å²) in [5.41, 5.74) is 5.27. The van der Waals surface area contributed by atoms with Gasteiger partial charge in [-0.15, -0.1) is 0 Å². The van der Waals surface area contributed by atoms with E-state index in [1.807, 2.05) is 0 Å². The van der Waals surface area contributed by atoms with Crippen LogP contribution in [-0.4, -0.2) is 73.5 Å². The van der Waals surface area contributed by atoms with E-state index in [-0.39, 0.29) is 18.5 Å². The van der Waals surface area contributed by atoms with Crippen molar-refractivity contribution in [2.45, 2.75) is 0 Å². The normalized spacial score (nSPS) is 16.5. The van der Waals surface area contributed by atoms with Gasteiger partial charge >= 0.3 is 6.03 Å². The number of hydrogen-bond donors (Lipinski definition) is 1. The molecule has 1 aliphatic heterocycles. The fourth-order valence-corrected chi connectivity index (χ4v) is 1.56. The van der Waals surface area contributed by atoms with E-state index in [1.165, 1.54) is 0 Å². The van der Waals surface area contributed by atoms with Crippen molar-refractivity contribution in [3.8, 4) is 0 Å². The maximum absolute atomic E-state index is 11.6. The monoisotopic (exact) mass is 214 g/mol. The largest absolute Gasteiger partial charge is 0.338 e. The number of amides is 3. The number of piperazine rings is 1. The Morgan fingerprint density at radius 2 is 1.60 bits per heavy atom. The topological polar surface area (TPSA) is 69.9 Å². The van der Waals surface area contributed by atoms with Crippen LogP contribution < -0.4 is 5.73 Å². The molecule has 86 valence electrons. The molecule has 0 radical (unpaired) electrons. The number of nitrogens with zero attached hydrogens (tertiary/aromatic N) is 3. The minimum absolute atomic E-state index is 0.00477. The molecule has 1 fully saturated rings. The van der Waals surface area contributed by atoms with Crippen molar-refractivity contribution in [1.82, 2.24) is 14.7 Å². The van der Waals surface area contributed by atoms with Crippen molar-refractivity contribution >= 4 is 11.9 Å². The average molecular weight is 214 g/mol. The van der Waals surface area contributed by atoms with Gasteiger partial charge in [0.15, 0.2) is 0 Å². The smallest absolute Gasteiger partial charge is 0.319 e. The summed E-state index contributed by atoms with van der Waals surface area (Å²) < 4.78 is 0. The predicted molar refractivity (Wildman–Crippen MR) is 56.3 cm³/mol. The molecule has 15 heavy (non-hydrogen) atoms. The number of nitrogens with two attached hydrogens (primary N) is 1. The summed E-state index contributed by atoms with van der Waals surface area (Å²) in [7, 11) is 3.44. The zero-order chi connectivity index (χ0) is 11.4. The van der Waals surface area contributed by atoms with Gasteiger partial charge in [-0.2, -0.15) is 0 Å². The Hall–Kier alpha value is -1.30. The number of hydrogen-bond acceptors (Lipinski definition) is 3. The first-order valence-corrected chi connectivity index (χ1v) is 5.00. The maximum Gasteiger partial charge on any atom is 0.319 e. The molecule has 0 atom stereocenters. The quantitative estimate of drug-likeness (QED) is 0.594. The highest BCUT2D eigenvalue weighted by Crippen LogP contribution is 2.03. The molecule has 0 bridgehead atoms. The average Bonchev–Trinajstić information content (AvgIpc) is 2.27. The SMILES string of the molecule is CN(C)C(=O)N1CCN(C(=O)CN)CC1. The molecule has 1 heterocycles. The van der Waals surface area contributed by atoms with Crippen molar-refractivity contribution in [1.29, 1.82) is 0 Å². The van der Waals surface area contributed by atoms with Gasteiger partial charge in [-0.1, -0.05) is 0 Å². The molecular weight excluding hydrogens is 196 g/mol. The molecule has 0 saturated carbocycles. The van der Waals surface area contributed by atoms with E-state index in [2.05, 4.69) is 0 Å². The molecule has 1 rings (SSSR count). The summed E-state index contributed by atoms with van der Waals surface area (Å²) in [6.45, 7) is 2.37.